The van der Waals surface area contributed by atoms with Crippen LogP contribution in [0.1, 0.15) is 25.3 Å². The molecule has 0 aliphatic carbocycles. The van der Waals surface area contributed by atoms with Crippen molar-refractivity contribution in [2.75, 3.05) is 6.54 Å². The largest absolute Gasteiger partial charge is 0.480 e. The Hall–Kier alpha value is -1.88. The van der Waals surface area contributed by atoms with Gasteiger partial charge in [-0.3, -0.25) is 4.79 Å². The maximum Gasteiger partial charge on any atom is 0.329 e. The van der Waals surface area contributed by atoms with E-state index in [9.17, 15) is 14.7 Å². The number of carboxylic acid groups (broad SMARTS) is 1. The van der Waals surface area contributed by atoms with Gasteiger partial charge in [0, 0.05) is 6.54 Å². The molecule has 108 valence electrons. The minimum absolute atomic E-state index is 0.281. The molecule has 1 aromatic rings. The summed E-state index contributed by atoms with van der Waals surface area (Å²) in [5, 5.41) is 9.33. The second-order valence-corrected chi connectivity index (χ2v) is 5.47. The lowest BCUT2D eigenvalue weighted by atomic mass is 9.97. The van der Waals surface area contributed by atoms with Crippen LogP contribution in [0.15, 0.2) is 30.3 Å². The highest BCUT2D eigenvalue weighted by Gasteiger charge is 2.46. The van der Waals surface area contributed by atoms with Crippen LogP contribution in [-0.4, -0.2) is 40.0 Å². The lowest BCUT2D eigenvalue weighted by molar-refractivity contribution is -0.155. The van der Waals surface area contributed by atoms with Crippen LogP contribution in [0.25, 0.3) is 0 Å². The molecule has 1 saturated heterocycles. The molecular weight excluding hydrogens is 256 g/mol. The summed E-state index contributed by atoms with van der Waals surface area (Å²) in [6, 6.07) is 8.81. The van der Waals surface area contributed by atoms with Crippen molar-refractivity contribution >= 4 is 11.9 Å². The van der Waals surface area contributed by atoms with Gasteiger partial charge in [0.05, 0.1) is 6.04 Å². The van der Waals surface area contributed by atoms with Gasteiger partial charge in [-0.05, 0) is 31.7 Å². The van der Waals surface area contributed by atoms with E-state index in [0.717, 1.165) is 5.56 Å². The van der Waals surface area contributed by atoms with E-state index in [4.69, 9.17) is 5.73 Å². The summed E-state index contributed by atoms with van der Waals surface area (Å²) in [6.45, 7) is 2.06. The SMILES string of the molecule is CC1(C(=O)O)CCCN1C(=O)[C@@H](N)Cc1ccccc1. The molecule has 1 heterocycles. The second kappa shape index (κ2) is 5.63. The van der Waals surface area contributed by atoms with Gasteiger partial charge in [-0.1, -0.05) is 30.3 Å². The summed E-state index contributed by atoms with van der Waals surface area (Å²) >= 11 is 0. The number of carboxylic acids is 1. The van der Waals surface area contributed by atoms with E-state index in [1.54, 1.807) is 6.92 Å². The van der Waals surface area contributed by atoms with E-state index < -0.39 is 17.6 Å². The molecule has 0 aromatic heterocycles. The molecular formula is C15H20N2O3. The maximum atomic E-state index is 12.4. The van der Waals surface area contributed by atoms with Crippen LogP contribution in [0.4, 0.5) is 0 Å². The molecule has 2 atom stereocenters. The molecule has 1 amide bonds. The van der Waals surface area contributed by atoms with Gasteiger partial charge in [-0.2, -0.15) is 0 Å². The fraction of sp³-hybridized carbons (Fsp3) is 0.467. The number of amides is 1. The molecule has 0 spiro atoms. The third-order valence-electron chi connectivity index (χ3n) is 3.98. The van der Waals surface area contributed by atoms with Crippen LogP contribution in [0.3, 0.4) is 0 Å². The summed E-state index contributed by atoms with van der Waals surface area (Å²) in [6.07, 6.45) is 1.60. The predicted molar refractivity (Wildman–Crippen MR) is 75.1 cm³/mol. The molecule has 1 fully saturated rings. The minimum Gasteiger partial charge on any atom is -0.480 e. The second-order valence-electron chi connectivity index (χ2n) is 5.47. The Kier molecular flexibility index (Phi) is 4.09. The Labute approximate surface area is 118 Å². The lowest BCUT2D eigenvalue weighted by Crippen LogP contribution is -2.55. The molecule has 0 saturated carbocycles. The van der Waals surface area contributed by atoms with Crippen LogP contribution >= 0.6 is 0 Å². The Morgan fingerprint density at radius 1 is 1.40 bits per heavy atom. The quantitative estimate of drug-likeness (QED) is 0.860. The number of carbonyl (C=O) groups excluding carboxylic acids is 1. The fourth-order valence-corrected chi connectivity index (χ4v) is 2.69. The Bertz CT molecular complexity index is 503. The number of hydrogen-bond acceptors (Lipinski definition) is 3. The Morgan fingerprint density at radius 3 is 2.65 bits per heavy atom. The van der Waals surface area contributed by atoms with Crippen molar-refractivity contribution < 1.29 is 14.7 Å². The Morgan fingerprint density at radius 2 is 2.05 bits per heavy atom. The standard InChI is InChI=1S/C15H20N2O3/c1-15(14(19)20)8-5-9-17(15)13(18)12(16)10-11-6-3-2-4-7-11/h2-4,6-7,12H,5,8-10,16H2,1H3,(H,19,20)/t12-,15?/m0/s1. The molecule has 1 unspecified atom stereocenters. The molecule has 3 N–H and O–H groups in total. The van der Waals surface area contributed by atoms with Gasteiger partial charge in [-0.25, -0.2) is 4.79 Å². The number of aliphatic carboxylic acids is 1. The van der Waals surface area contributed by atoms with E-state index >= 15 is 0 Å². The molecule has 1 aromatic carbocycles. The Balaban J connectivity index is 2.09. The third-order valence-corrected chi connectivity index (χ3v) is 3.98. The summed E-state index contributed by atoms with van der Waals surface area (Å²) in [7, 11) is 0. The predicted octanol–water partition coefficient (Wildman–Crippen LogP) is 1.02. The number of rotatable bonds is 4. The zero-order valence-electron chi connectivity index (χ0n) is 11.6. The molecule has 5 heteroatoms. The van der Waals surface area contributed by atoms with Gasteiger partial charge in [0.2, 0.25) is 5.91 Å². The van der Waals surface area contributed by atoms with Crippen molar-refractivity contribution in [3.05, 3.63) is 35.9 Å². The van der Waals surface area contributed by atoms with E-state index in [1.165, 1.54) is 4.90 Å². The van der Waals surface area contributed by atoms with Crippen molar-refractivity contribution in [3.8, 4) is 0 Å². The first-order chi connectivity index (χ1) is 9.45. The molecule has 20 heavy (non-hydrogen) atoms. The van der Waals surface area contributed by atoms with Gasteiger partial charge in [0.25, 0.3) is 0 Å². The van der Waals surface area contributed by atoms with Crippen LogP contribution in [0, 0.1) is 0 Å². The molecule has 0 radical (unpaired) electrons. The van der Waals surface area contributed by atoms with Gasteiger partial charge >= 0.3 is 5.97 Å². The fourth-order valence-electron chi connectivity index (χ4n) is 2.69. The monoisotopic (exact) mass is 276 g/mol. The van der Waals surface area contributed by atoms with Crippen molar-refractivity contribution in [2.45, 2.75) is 37.8 Å². The molecule has 1 aliphatic heterocycles. The molecule has 2 rings (SSSR count). The number of nitrogens with zero attached hydrogens (tertiary/aromatic N) is 1. The number of benzene rings is 1. The van der Waals surface area contributed by atoms with Crippen LogP contribution < -0.4 is 5.73 Å². The van der Waals surface area contributed by atoms with Crippen molar-refractivity contribution in [3.63, 3.8) is 0 Å². The lowest BCUT2D eigenvalue weighted by Gasteiger charge is -2.33. The zero-order chi connectivity index (χ0) is 14.8. The van der Waals surface area contributed by atoms with Crippen LogP contribution in [-0.2, 0) is 16.0 Å². The first-order valence-corrected chi connectivity index (χ1v) is 6.79. The number of nitrogens with two attached hydrogens (primary N) is 1. The van der Waals surface area contributed by atoms with Gasteiger partial charge in [-0.15, -0.1) is 0 Å². The number of likely N-dealkylation sites (tertiary alicyclic amines) is 1. The van der Waals surface area contributed by atoms with E-state index in [1.807, 2.05) is 30.3 Å². The smallest absolute Gasteiger partial charge is 0.329 e. The highest BCUT2D eigenvalue weighted by molar-refractivity contribution is 5.90. The number of carbonyl (C=O) groups is 2. The van der Waals surface area contributed by atoms with Gasteiger partial charge in [0.15, 0.2) is 0 Å². The van der Waals surface area contributed by atoms with Crippen molar-refractivity contribution in [2.24, 2.45) is 5.73 Å². The minimum atomic E-state index is -1.12. The highest BCUT2D eigenvalue weighted by Crippen LogP contribution is 2.29. The van der Waals surface area contributed by atoms with Crippen LogP contribution in [0.5, 0.6) is 0 Å². The summed E-state index contributed by atoms with van der Waals surface area (Å²) < 4.78 is 0. The molecule has 1 aliphatic rings. The normalized spacial score (nSPS) is 23.6. The molecule has 0 bridgehead atoms. The average Bonchev–Trinajstić information content (AvgIpc) is 2.82. The first-order valence-electron chi connectivity index (χ1n) is 6.79. The topological polar surface area (TPSA) is 83.6 Å². The number of hydrogen-bond donors (Lipinski definition) is 2. The summed E-state index contributed by atoms with van der Waals surface area (Å²) in [4.78, 5) is 25.2. The van der Waals surface area contributed by atoms with Crippen molar-refractivity contribution in [1.82, 2.24) is 4.90 Å². The van der Waals surface area contributed by atoms with Gasteiger partial charge < -0.3 is 15.7 Å². The molecule has 5 nitrogen and oxygen atoms in total. The van der Waals surface area contributed by atoms with E-state index in [-0.39, 0.29) is 5.91 Å². The van der Waals surface area contributed by atoms with E-state index in [0.29, 0.717) is 25.8 Å². The highest BCUT2D eigenvalue weighted by atomic mass is 16.4. The first kappa shape index (κ1) is 14.5. The van der Waals surface area contributed by atoms with Gasteiger partial charge in [0.1, 0.15) is 5.54 Å². The van der Waals surface area contributed by atoms with Crippen molar-refractivity contribution in [1.29, 1.82) is 0 Å². The summed E-state index contributed by atoms with van der Waals surface area (Å²) in [5.74, 6) is -1.24. The average molecular weight is 276 g/mol. The maximum absolute atomic E-state index is 12.4. The zero-order valence-corrected chi connectivity index (χ0v) is 11.6. The third kappa shape index (κ3) is 2.67. The summed E-state index contributed by atoms with van der Waals surface area (Å²) in [5.41, 5.74) is 5.82. The van der Waals surface area contributed by atoms with Crippen LogP contribution in [0.2, 0.25) is 0 Å². The van der Waals surface area contributed by atoms with E-state index in [2.05, 4.69) is 0 Å².